The van der Waals surface area contributed by atoms with Crippen molar-refractivity contribution in [1.82, 2.24) is 0 Å². The second-order valence-electron chi connectivity index (χ2n) is 2.93. The van der Waals surface area contributed by atoms with E-state index in [9.17, 15) is 9.59 Å². The summed E-state index contributed by atoms with van der Waals surface area (Å²) >= 11 is 0. The third kappa shape index (κ3) is 7.49. The highest BCUT2D eigenvalue weighted by molar-refractivity contribution is 5.83. The van der Waals surface area contributed by atoms with Crippen molar-refractivity contribution >= 4 is 11.9 Å². The summed E-state index contributed by atoms with van der Waals surface area (Å²) < 4.78 is 5.05. The Balaban J connectivity index is 3.97. The van der Waals surface area contributed by atoms with Crippen molar-refractivity contribution in [1.29, 1.82) is 0 Å². The lowest BCUT2D eigenvalue weighted by Crippen LogP contribution is -2.14. The zero-order valence-electron chi connectivity index (χ0n) is 8.97. The van der Waals surface area contributed by atoms with Crippen molar-refractivity contribution in [3.05, 3.63) is 24.3 Å². The van der Waals surface area contributed by atoms with Crippen molar-refractivity contribution in [2.45, 2.75) is 32.8 Å². The quantitative estimate of drug-likeness (QED) is 0.415. The van der Waals surface area contributed by atoms with Crippen LogP contribution >= 0.6 is 0 Å². The largest absolute Gasteiger partial charge is 0.478 e. The van der Waals surface area contributed by atoms with Crippen LogP contribution in [0, 0.1) is 0 Å². The van der Waals surface area contributed by atoms with Gasteiger partial charge >= 0.3 is 11.9 Å². The smallest absolute Gasteiger partial charge is 0.331 e. The lowest BCUT2D eigenvalue weighted by atomic mass is 10.2. The van der Waals surface area contributed by atoms with Crippen molar-refractivity contribution in [2.24, 2.45) is 0 Å². The predicted molar refractivity (Wildman–Crippen MR) is 56.4 cm³/mol. The van der Waals surface area contributed by atoms with Gasteiger partial charge in [-0.3, -0.25) is 0 Å². The molecule has 0 aromatic heterocycles. The van der Waals surface area contributed by atoms with Gasteiger partial charge < -0.3 is 9.84 Å². The van der Waals surface area contributed by atoms with Gasteiger partial charge in [-0.15, -0.1) is 0 Å². The molecular weight excluding hydrogens is 196 g/mol. The molecular formula is C11H16O4. The molecule has 4 nitrogen and oxygen atoms in total. The van der Waals surface area contributed by atoms with Gasteiger partial charge in [0.15, 0.2) is 0 Å². The van der Waals surface area contributed by atoms with E-state index in [-0.39, 0.29) is 6.10 Å². The van der Waals surface area contributed by atoms with E-state index in [0.717, 1.165) is 18.9 Å². The first kappa shape index (κ1) is 13.4. The van der Waals surface area contributed by atoms with Crippen molar-refractivity contribution in [2.75, 3.05) is 0 Å². The molecule has 0 aliphatic carbocycles. The number of carbonyl (C=O) groups is 2. The molecule has 0 bridgehead atoms. The summed E-state index contributed by atoms with van der Waals surface area (Å²) in [6.45, 7) is 3.88. The number of aliphatic carboxylic acids is 1. The van der Waals surface area contributed by atoms with Crippen LogP contribution in [0.25, 0.3) is 0 Å². The van der Waals surface area contributed by atoms with E-state index >= 15 is 0 Å². The third-order valence-corrected chi connectivity index (χ3v) is 1.78. The van der Waals surface area contributed by atoms with E-state index < -0.39 is 11.9 Å². The predicted octanol–water partition coefficient (Wildman–Crippen LogP) is 1.92. The minimum absolute atomic E-state index is 0.0643. The minimum atomic E-state index is -1.05. The number of hydrogen-bond acceptors (Lipinski definition) is 3. The number of esters is 1. The van der Waals surface area contributed by atoms with Crippen LogP contribution in [-0.4, -0.2) is 23.1 Å². The van der Waals surface area contributed by atoms with Crippen LogP contribution in [0.3, 0.4) is 0 Å². The first-order valence-electron chi connectivity index (χ1n) is 4.88. The SMILES string of the molecule is CCC(CC)OC(=O)/C=C/C=C/C(=O)O. The molecule has 0 heterocycles. The molecule has 0 saturated carbocycles. The number of rotatable bonds is 6. The fourth-order valence-corrected chi connectivity index (χ4v) is 0.931. The van der Waals surface area contributed by atoms with Gasteiger partial charge in [0.2, 0.25) is 0 Å². The topological polar surface area (TPSA) is 63.6 Å². The summed E-state index contributed by atoms with van der Waals surface area (Å²) in [7, 11) is 0. The minimum Gasteiger partial charge on any atom is -0.478 e. The van der Waals surface area contributed by atoms with E-state index in [2.05, 4.69) is 0 Å². The molecule has 4 heteroatoms. The molecule has 0 fully saturated rings. The lowest BCUT2D eigenvalue weighted by Gasteiger charge is -2.11. The normalized spacial score (nSPS) is 11.4. The number of carbonyl (C=O) groups excluding carboxylic acids is 1. The van der Waals surface area contributed by atoms with Crippen LogP contribution in [0.4, 0.5) is 0 Å². The van der Waals surface area contributed by atoms with Crippen molar-refractivity contribution in [3.8, 4) is 0 Å². The monoisotopic (exact) mass is 212 g/mol. The first-order valence-corrected chi connectivity index (χ1v) is 4.88. The van der Waals surface area contributed by atoms with Gasteiger partial charge in [0.05, 0.1) is 0 Å². The van der Waals surface area contributed by atoms with E-state index in [1.165, 1.54) is 18.2 Å². The molecule has 0 rings (SSSR count). The molecule has 1 N–H and O–H groups in total. The van der Waals surface area contributed by atoms with Gasteiger partial charge in [0, 0.05) is 12.2 Å². The molecule has 15 heavy (non-hydrogen) atoms. The maximum atomic E-state index is 11.1. The lowest BCUT2D eigenvalue weighted by molar-refractivity contribution is -0.143. The van der Waals surface area contributed by atoms with E-state index in [1.54, 1.807) is 0 Å². The van der Waals surface area contributed by atoms with Gasteiger partial charge in [0.1, 0.15) is 6.10 Å². The van der Waals surface area contributed by atoms with E-state index in [4.69, 9.17) is 9.84 Å². The Bertz CT molecular complexity index is 262. The summed E-state index contributed by atoms with van der Waals surface area (Å²) in [5.41, 5.74) is 0. The Morgan fingerprint density at radius 2 is 1.73 bits per heavy atom. The van der Waals surface area contributed by atoms with Crippen LogP contribution in [0.1, 0.15) is 26.7 Å². The molecule has 0 aromatic carbocycles. The van der Waals surface area contributed by atoms with Crippen LogP contribution in [0.5, 0.6) is 0 Å². The highest BCUT2D eigenvalue weighted by Gasteiger charge is 2.06. The molecule has 0 spiro atoms. The Kier molecular flexibility index (Phi) is 6.97. The number of carboxylic acids is 1. The van der Waals surface area contributed by atoms with E-state index in [1.807, 2.05) is 13.8 Å². The zero-order valence-corrected chi connectivity index (χ0v) is 8.97. The number of allylic oxidation sites excluding steroid dienone is 2. The summed E-state index contributed by atoms with van der Waals surface area (Å²) in [5.74, 6) is -1.49. The molecule has 0 unspecified atom stereocenters. The summed E-state index contributed by atoms with van der Waals surface area (Å²) in [5, 5.41) is 8.26. The molecule has 0 atom stereocenters. The van der Waals surface area contributed by atoms with Gasteiger partial charge in [0.25, 0.3) is 0 Å². The Labute approximate surface area is 89.2 Å². The van der Waals surface area contributed by atoms with Crippen molar-refractivity contribution in [3.63, 3.8) is 0 Å². The Morgan fingerprint density at radius 3 is 2.20 bits per heavy atom. The fraction of sp³-hybridized carbons (Fsp3) is 0.455. The molecule has 84 valence electrons. The average molecular weight is 212 g/mol. The van der Waals surface area contributed by atoms with Crippen LogP contribution < -0.4 is 0 Å². The first-order chi connectivity index (χ1) is 7.10. The number of ether oxygens (including phenoxy) is 1. The third-order valence-electron chi connectivity index (χ3n) is 1.78. The maximum absolute atomic E-state index is 11.1. The van der Waals surface area contributed by atoms with Gasteiger partial charge in [-0.2, -0.15) is 0 Å². The number of carboxylic acid groups (broad SMARTS) is 1. The average Bonchev–Trinajstić information content (AvgIpc) is 2.20. The second-order valence-corrected chi connectivity index (χ2v) is 2.93. The summed E-state index contributed by atoms with van der Waals surface area (Å²) in [4.78, 5) is 21.2. The van der Waals surface area contributed by atoms with Gasteiger partial charge in [-0.05, 0) is 12.8 Å². The van der Waals surface area contributed by atoms with E-state index in [0.29, 0.717) is 0 Å². The van der Waals surface area contributed by atoms with Gasteiger partial charge in [-0.1, -0.05) is 26.0 Å². The molecule has 0 saturated heterocycles. The van der Waals surface area contributed by atoms with Crippen molar-refractivity contribution < 1.29 is 19.4 Å². The summed E-state index contributed by atoms with van der Waals surface area (Å²) in [6.07, 6.45) is 6.27. The van der Waals surface area contributed by atoms with Crippen LogP contribution in [-0.2, 0) is 14.3 Å². The molecule has 0 radical (unpaired) electrons. The number of hydrogen-bond donors (Lipinski definition) is 1. The Hall–Kier alpha value is -1.58. The molecule has 0 aliphatic heterocycles. The Morgan fingerprint density at radius 1 is 1.20 bits per heavy atom. The maximum Gasteiger partial charge on any atom is 0.331 e. The molecule has 0 amide bonds. The second kappa shape index (κ2) is 7.79. The highest BCUT2D eigenvalue weighted by atomic mass is 16.5. The standard InChI is InChI=1S/C11H16O4/c1-3-9(4-2)15-11(14)8-6-5-7-10(12)13/h5-9H,3-4H2,1-2H3,(H,12,13)/b7-5+,8-6+. The zero-order chi connectivity index (χ0) is 11.7. The molecule has 0 aliphatic rings. The summed E-state index contributed by atoms with van der Waals surface area (Å²) in [6, 6.07) is 0. The van der Waals surface area contributed by atoms with Crippen LogP contribution in [0.15, 0.2) is 24.3 Å². The molecule has 0 aromatic rings. The fourth-order valence-electron chi connectivity index (χ4n) is 0.931. The van der Waals surface area contributed by atoms with Gasteiger partial charge in [-0.25, -0.2) is 9.59 Å². The van der Waals surface area contributed by atoms with Crippen LogP contribution in [0.2, 0.25) is 0 Å². The highest BCUT2D eigenvalue weighted by Crippen LogP contribution is 2.03.